The fourth-order valence-electron chi connectivity index (χ4n) is 2.10. The van der Waals surface area contributed by atoms with Crippen LogP contribution < -0.4 is 15.8 Å². The van der Waals surface area contributed by atoms with Gasteiger partial charge in [0.15, 0.2) is 0 Å². The van der Waals surface area contributed by atoms with Crippen molar-refractivity contribution in [3.63, 3.8) is 0 Å². The standard InChI is InChI=1S/C18H20N2O3/c1-2-13-7-9-14(10-8-13)23-12-11-17(21)20-16-6-4-3-5-15(16)18(19)22/h3-10H,2,11-12H2,1H3,(H2,19,22)(H,20,21). The minimum Gasteiger partial charge on any atom is -0.493 e. The molecule has 0 aliphatic heterocycles. The van der Waals surface area contributed by atoms with E-state index in [1.165, 1.54) is 5.56 Å². The van der Waals surface area contributed by atoms with Crippen molar-refractivity contribution in [2.75, 3.05) is 11.9 Å². The van der Waals surface area contributed by atoms with E-state index in [-0.39, 0.29) is 24.5 Å². The Hall–Kier alpha value is -2.82. The number of carbonyl (C=O) groups is 2. The van der Waals surface area contributed by atoms with Gasteiger partial charge < -0.3 is 15.8 Å². The van der Waals surface area contributed by atoms with E-state index in [0.717, 1.165) is 12.2 Å². The number of primary amides is 1. The highest BCUT2D eigenvalue weighted by atomic mass is 16.5. The third-order valence-corrected chi connectivity index (χ3v) is 3.40. The van der Waals surface area contributed by atoms with Crippen LogP contribution in [0.2, 0.25) is 0 Å². The molecule has 2 amide bonds. The molecule has 3 N–H and O–H groups in total. The zero-order valence-electron chi connectivity index (χ0n) is 13.0. The van der Waals surface area contributed by atoms with E-state index in [4.69, 9.17) is 10.5 Å². The molecular formula is C18H20N2O3. The molecule has 2 rings (SSSR count). The number of para-hydroxylation sites is 1. The maximum Gasteiger partial charge on any atom is 0.250 e. The molecule has 0 spiro atoms. The highest BCUT2D eigenvalue weighted by molar-refractivity contribution is 6.02. The molecular weight excluding hydrogens is 292 g/mol. The minimum absolute atomic E-state index is 0.183. The second-order valence-electron chi connectivity index (χ2n) is 5.05. The third kappa shape index (κ3) is 4.85. The molecule has 0 unspecified atom stereocenters. The summed E-state index contributed by atoms with van der Waals surface area (Å²) in [5.74, 6) is -0.0791. The van der Waals surface area contributed by atoms with Gasteiger partial charge in [-0.05, 0) is 36.2 Å². The van der Waals surface area contributed by atoms with E-state index in [2.05, 4.69) is 12.2 Å². The normalized spacial score (nSPS) is 10.1. The molecule has 0 bridgehead atoms. The van der Waals surface area contributed by atoms with Gasteiger partial charge in [-0.25, -0.2) is 0 Å². The first-order valence-electron chi connectivity index (χ1n) is 7.50. The summed E-state index contributed by atoms with van der Waals surface area (Å²) in [4.78, 5) is 23.2. The number of nitrogens with two attached hydrogens (primary N) is 1. The van der Waals surface area contributed by atoms with Crippen LogP contribution in [0, 0.1) is 0 Å². The van der Waals surface area contributed by atoms with Gasteiger partial charge in [0.2, 0.25) is 5.91 Å². The van der Waals surface area contributed by atoms with Gasteiger partial charge in [-0.1, -0.05) is 31.2 Å². The van der Waals surface area contributed by atoms with Crippen molar-refractivity contribution < 1.29 is 14.3 Å². The first kappa shape index (κ1) is 16.5. The van der Waals surface area contributed by atoms with Crippen LogP contribution in [0.15, 0.2) is 48.5 Å². The lowest BCUT2D eigenvalue weighted by atomic mass is 10.1. The van der Waals surface area contributed by atoms with E-state index in [0.29, 0.717) is 5.69 Å². The second-order valence-corrected chi connectivity index (χ2v) is 5.05. The lowest BCUT2D eigenvalue weighted by Gasteiger charge is -2.10. The molecule has 0 atom stereocenters. The Morgan fingerprint density at radius 2 is 1.78 bits per heavy atom. The van der Waals surface area contributed by atoms with Gasteiger partial charge in [0.05, 0.1) is 24.3 Å². The van der Waals surface area contributed by atoms with E-state index in [1.807, 2.05) is 24.3 Å². The van der Waals surface area contributed by atoms with Crippen LogP contribution in [-0.4, -0.2) is 18.4 Å². The van der Waals surface area contributed by atoms with Crippen LogP contribution >= 0.6 is 0 Å². The SMILES string of the molecule is CCc1ccc(OCCC(=O)Nc2ccccc2C(N)=O)cc1. The Balaban J connectivity index is 1.84. The summed E-state index contributed by atoms with van der Waals surface area (Å²) in [7, 11) is 0. The number of rotatable bonds is 7. The number of carbonyl (C=O) groups excluding carboxylic acids is 2. The van der Waals surface area contributed by atoms with Crippen molar-refractivity contribution in [3.05, 3.63) is 59.7 Å². The number of nitrogens with one attached hydrogen (secondary N) is 1. The summed E-state index contributed by atoms with van der Waals surface area (Å²) in [6.45, 7) is 2.35. The summed E-state index contributed by atoms with van der Waals surface area (Å²) in [6.07, 6.45) is 1.16. The quantitative estimate of drug-likeness (QED) is 0.825. The number of amides is 2. The highest BCUT2D eigenvalue weighted by Crippen LogP contribution is 2.15. The Bertz CT molecular complexity index is 681. The van der Waals surface area contributed by atoms with Gasteiger partial charge in [0.25, 0.3) is 5.91 Å². The Kier molecular flexibility index (Phi) is 5.74. The summed E-state index contributed by atoms with van der Waals surface area (Å²) < 4.78 is 5.54. The zero-order chi connectivity index (χ0) is 16.7. The summed E-state index contributed by atoms with van der Waals surface area (Å²) >= 11 is 0. The predicted molar refractivity (Wildman–Crippen MR) is 89.5 cm³/mol. The number of hydrogen-bond acceptors (Lipinski definition) is 3. The molecule has 2 aromatic rings. The number of hydrogen-bond donors (Lipinski definition) is 2. The fraction of sp³-hybridized carbons (Fsp3) is 0.222. The van der Waals surface area contributed by atoms with Gasteiger partial charge in [-0.3, -0.25) is 9.59 Å². The largest absolute Gasteiger partial charge is 0.493 e. The molecule has 120 valence electrons. The van der Waals surface area contributed by atoms with Crippen LogP contribution in [0.4, 0.5) is 5.69 Å². The first-order chi connectivity index (χ1) is 11.1. The molecule has 0 saturated heterocycles. The first-order valence-corrected chi connectivity index (χ1v) is 7.50. The van der Waals surface area contributed by atoms with Crippen molar-refractivity contribution in [2.24, 2.45) is 5.73 Å². The van der Waals surface area contributed by atoms with Gasteiger partial charge in [-0.2, -0.15) is 0 Å². The van der Waals surface area contributed by atoms with Crippen LogP contribution in [0.1, 0.15) is 29.3 Å². The van der Waals surface area contributed by atoms with Crippen molar-refractivity contribution in [3.8, 4) is 5.75 Å². The number of benzene rings is 2. The van der Waals surface area contributed by atoms with Gasteiger partial charge in [0, 0.05) is 0 Å². The molecule has 0 aliphatic carbocycles. The van der Waals surface area contributed by atoms with Crippen LogP contribution in [-0.2, 0) is 11.2 Å². The second kappa shape index (κ2) is 7.98. The molecule has 5 heteroatoms. The lowest BCUT2D eigenvalue weighted by molar-refractivity contribution is -0.116. The van der Waals surface area contributed by atoms with Gasteiger partial charge in [0.1, 0.15) is 5.75 Å². The summed E-state index contributed by atoms with van der Waals surface area (Å²) in [5.41, 5.74) is 7.21. The topological polar surface area (TPSA) is 81.4 Å². The average Bonchev–Trinajstić information content (AvgIpc) is 2.56. The Morgan fingerprint density at radius 3 is 2.43 bits per heavy atom. The molecule has 0 fully saturated rings. The smallest absolute Gasteiger partial charge is 0.250 e. The number of ether oxygens (including phenoxy) is 1. The molecule has 0 heterocycles. The molecule has 0 radical (unpaired) electrons. The number of aryl methyl sites for hydroxylation is 1. The van der Waals surface area contributed by atoms with Crippen LogP contribution in [0.5, 0.6) is 5.75 Å². The maximum absolute atomic E-state index is 11.9. The van der Waals surface area contributed by atoms with Crippen LogP contribution in [0.25, 0.3) is 0 Å². The zero-order valence-corrected chi connectivity index (χ0v) is 13.0. The average molecular weight is 312 g/mol. The van der Waals surface area contributed by atoms with Crippen molar-refractivity contribution >= 4 is 17.5 Å². The maximum atomic E-state index is 11.9. The van der Waals surface area contributed by atoms with E-state index in [9.17, 15) is 9.59 Å². The van der Waals surface area contributed by atoms with E-state index < -0.39 is 5.91 Å². The van der Waals surface area contributed by atoms with Crippen molar-refractivity contribution in [1.82, 2.24) is 0 Å². The van der Waals surface area contributed by atoms with Crippen LogP contribution in [0.3, 0.4) is 0 Å². The number of anilines is 1. The lowest BCUT2D eigenvalue weighted by Crippen LogP contribution is -2.19. The summed E-state index contributed by atoms with van der Waals surface area (Å²) in [6, 6.07) is 14.4. The summed E-state index contributed by atoms with van der Waals surface area (Å²) in [5, 5.41) is 2.68. The monoisotopic (exact) mass is 312 g/mol. The third-order valence-electron chi connectivity index (χ3n) is 3.40. The molecule has 5 nitrogen and oxygen atoms in total. The molecule has 0 saturated carbocycles. The van der Waals surface area contributed by atoms with E-state index >= 15 is 0 Å². The van der Waals surface area contributed by atoms with Gasteiger partial charge in [-0.15, -0.1) is 0 Å². The highest BCUT2D eigenvalue weighted by Gasteiger charge is 2.10. The predicted octanol–water partition coefficient (Wildman–Crippen LogP) is 2.76. The van der Waals surface area contributed by atoms with Crippen molar-refractivity contribution in [1.29, 1.82) is 0 Å². The molecule has 23 heavy (non-hydrogen) atoms. The Morgan fingerprint density at radius 1 is 1.09 bits per heavy atom. The Labute approximate surface area is 135 Å². The molecule has 2 aromatic carbocycles. The minimum atomic E-state index is -0.576. The molecule has 0 aromatic heterocycles. The fourth-order valence-corrected chi connectivity index (χ4v) is 2.10. The van der Waals surface area contributed by atoms with Crippen molar-refractivity contribution in [2.45, 2.75) is 19.8 Å². The molecule has 0 aliphatic rings. The van der Waals surface area contributed by atoms with E-state index in [1.54, 1.807) is 24.3 Å². The van der Waals surface area contributed by atoms with Gasteiger partial charge >= 0.3 is 0 Å².